The van der Waals surface area contributed by atoms with Gasteiger partial charge in [0.2, 0.25) is 0 Å². The van der Waals surface area contributed by atoms with Gasteiger partial charge in [-0.3, -0.25) is 14.9 Å². The molecule has 0 aliphatic rings. The Labute approximate surface area is 139 Å². The van der Waals surface area contributed by atoms with Crippen LogP contribution in [0, 0.1) is 13.7 Å². The van der Waals surface area contributed by atoms with Crippen LogP contribution in [0.4, 0.5) is 11.4 Å². The van der Waals surface area contributed by atoms with Crippen LogP contribution in [0.15, 0.2) is 42.5 Å². The normalized spacial score (nSPS) is 10.0. The molecule has 114 valence electrons. The zero-order valence-corrected chi connectivity index (χ0v) is 13.3. The lowest BCUT2D eigenvalue weighted by atomic mass is 10.2. The van der Waals surface area contributed by atoms with E-state index in [2.05, 4.69) is 27.9 Å². The molecule has 0 unspecified atom stereocenters. The Hall–Kier alpha value is -2.36. The second kappa shape index (κ2) is 7.07. The van der Waals surface area contributed by atoms with Crippen LogP contribution in [-0.4, -0.2) is 22.5 Å². The van der Waals surface area contributed by atoms with Crippen molar-refractivity contribution in [2.45, 2.75) is 0 Å². The lowest BCUT2D eigenvalue weighted by molar-refractivity contribution is -0.384. The minimum absolute atomic E-state index is 0.0850. The average molecular weight is 414 g/mol. The number of phenols is 1. The first-order valence-electron chi connectivity index (χ1n) is 6.11. The highest BCUT2D eigenvalue weighted by molar-refractivity contribution is 14.1. The summed E-state index contributed by atoms with van der Waals surface area (Å²) in [7, 11) is 0. The van der Waals surface area contributed by atoms with Crippen molar-refractivity contribution in [1.29, 1.82) is 0 Å². The minimum Gasteiger partial charge on any atom is -0.506 e. The predicted octanol–water partition coefficient (Wildman–Crippen LogP) is 2.92. The van der Waals surface area contributed by atoms with E-state index in [9.17, 15) is 20.0 Å². The number of phenolic OH excluding ortho intramolecular Hbond substituents is 1. The molecule has 0 aliphatic heterocycles. The zero-order chi connectivity index (χ0) is 16.1. The van der Waals surface area contributed by atoms with Crippen LogP contribution in [0.3, 0.4) is 0 Å². The Morgan fingerprint density at radius 3 is 2.55 bits per heavy atom. The molecule has 0 saturated heterocycles. The predicted molar refractivity (Wildman–Crippen MR) is 88.0 cm³/mol. The average Bonchev–Trinajstić information content (AvgIpc) is 2.48. The molecule has 7 nitrogen and oxygen atoms in total. The quantitative estimate of drug-likeness (QED) is 0.339. The third kappa shape index (κ3) is 4.32. The molecule has 0 aromatic heterocycles. The molecule has 2 aromatic carbocycles. The number of rotatable bonds is 5. The number of aromatic hydroxyl groups is 1. The largest absolute Gasteiger partial charge is 0.506 e. The molecule has 0 bridgehead atoms. The van der Waals surface area contributed by atoms with Gasteiger partial charge in [0.15, 0.2) is 6.61 Å². The Morgan fingerprint density at radius 2 is 1.95 bits per heavy atom. The summed E-state index contributed by atoms with van der Waals surface area (Å²) in [5.74, 6) is -0.317. The van der Waals surface area contributed by atoms with E-state index in [1.165, 1.54) is 12.1 Å². The Bertz CT molecular complexity index is 703. The maximum atomic E-state index is 11.7. The van der Waals surface area contributed by atoms with Gasteiger partial charge in [0.25, 0.3) is 11.6 Å². The van der Waals surface area contributed by atoms with E-state index in [1.807, 2.05) is 12.1 Å². The van der Waals surface area contributed by atoms with Crippen LogP contribution in [-0.2, 0) is 4.79 Å². The zero-order valence-electron chi connectivity index (χ0n) is 11.2. The SMILES string of the molecule is O=C(COc1ccc(I)cc1)Nc1ccc([N+](=O)[O-])cc1O. The van der Waals surface area contributed by atoms with E-state index in [0.717, 1.165) is 9.64 Å². The third-order valence-corrected chi connectivity index (χ3v) is 3.37. The maximum absolute atomic E-state index is 11.7. The summed E-state index contributed by atoms with van der Waals surface area (Å²) >= 11 is 2.15. The van der Waals surface area contributed by atoms with Crippen molar-refractivity contribution in [1.82, 2.24) is 0 Å². The van der Waals surface area contributed by atoms with Gasteiger partial charge >= 0.3 is 0 Å². The molecule has 0 atom stereocenters. The fraction of sp³-hybridized carbons (Fsp3) is 0.0714. The molecule has 2 rings (SSSR count). The number of ether oxygens (including phenoxy) is 1. The van der Waals surface area contributed by atoms with Gasteiger partial charge in [0, 0.05) is 9.64 Å². The monoisotopic (exact) mass is 414 g/mol. The van der Waals surface area contributed by atoms with Gasteiger partial charge in [-0.1, -0.05) is 0 Å². The van der Waals surface area contributed by atoms with Crippen molar-refractivity contribution in [2.24, 2.45) is 0 Å². The molecule has 2 aromatic rings. The molecular formula is C14H11IN2O5. The topological polar surface area (TPSA) is 102 Å². The van der Waals surface area contributed by atoms with Gasteiger partial charge < -0.3 is 15.2 Å². The molecule has 0 aliphatic carbocycles. The van der Waals surface area contributed by atoms with Gasteiger partial charge in [0.05, 0.1) is 16.7 Å². The molecule has 0 heterocycles. The number of nitrogens with zero attached hydrogens (tertiary/aromatic N) is 1. The Kier molecular flexibility index (Phi) is 5.15. The summed E-state index contributed by atoms with van der Waals surface area (Å²) in [6.07, 6.45) is 0. The summed E-state index contributed by atoms with van der Waals surface area (Å²) in [6.45, 7) is -0.239. The standard InChI is InChI=1S/C14H11IN2O5/c15-9-1-4-11(5-2-9)22-8-14(19)16-12-6-3-10(17(20)21)7-13(12)18/h1-7,18H,8H2,(H,16,19). The second-order valence-electron chi connectivity index (χ2n) is 4.25. The second-order valence-corrected chi connectivity index (χ2v) is 5.49. The smallest absolute Gasteiger partial charge is 0.273 e. The number of carbonyl (C=O) groups is 1. The first kappa shape index (κ1) is 16.0. The number of halogens is 1. The van der Waals surface area contributed by atoms with Crippen molar-refractivity contribution in [3.05, 3.63) is 56.1 Å². The summed E-state index contributed by atoms with van der Waals surface area (Å²) in [5, 5.41) is 22.6. The van der Waals surface area contributed by atoms with Crippen LogP contribution in [0.5, 0.6) is 11.5 Å². The van der Waals surface area contributed by atoms with Gasteiger partial charge in [-0.05, 0) is 52.9 Å². The van der Waals surface area contributed by atoms with E-state index in [1.54, 1.807) is 12.1 Å². The molecule has 0 spiro atoms. The number of hydrogen-bond donors (Lipinski definition) is 2. The molecule has 2 N–H and O–H groups in total. The third-order valence-electron chi connectivity index (χ3n) is 2.65. The molecule has 0 radical (unpaired) electrons. The van der Waals surface area contributed by atoms with Gasteiger partial charge in [-0.25, -0.2) is 0 Å². The fourth-order valence-corrected chi connectivity index (χ4v) is 1.96. The number of anilines is 1. The summed E-state index contributed by atoms with van der Waals surface area (Å²) in [4.78, 5) is 21.7. The number of benzene rings is 2. The number of hydrogen-bond acceptors (Lipinski definition) is 5. The van der Waals surface area contributed by atoms with Crippen molar-refractivity contribution >= 4 is 39.9 Å². The fourth-order valence-electron chi connectivity index (χ4n) is 1.61. The molecule has 22 heavy (non-hydrogen) atoms. The lowest BCUT2D eigenvalue weighted by Crippen LogP contribution is -2.20. The molecular weight excluding hydrogens is 403 g/mol. The number of nitro benzene ring substituents is 1. The summed E-state index contributed by atoms with van der Waals surface area (Å²) in [5.41, 5.74) is -0.174. The van der Waals surface area contributed by atoms with Crippen molar-refractivity contribution in [3.63, 3.8) is 0 Å². The van der Waals surface area contributed by atoms with Crippen molar-refractivity contribution in [3.8, 4) is 11.5 Å². The van der Waals surface area contributed by atoms with E-state index in [0.29, 0.717) is 5.75 Å². The van der Waals surface area contributed by atoms with Gasteiger partial charge in [0.1, 0.15) is 11.5 Å². The highest BCUT2D eigenvalue weighted by Crippen LogP contribution is 2.27. The number of nitro groups is 1. The lowest BCUT2D eigenvalue weighted by Gasteiger charge is -2.08. The Morgan fingerprint density at radius 1 is 1.27 bits per heavy atom. The number of nitrogens with one attached hydrogen (secondary N) is 1. The molecule has 0 saturated carbocycles. The molecule has 0 fully saturated rings. The van der Waals surface area contributed by atoms with Crippen LogP contribution in [0.2, 0.25) is 0 Å². The van der Waals surface area contributed by atoms with Crippen LogP contribution < -0.4 is 10.1 Å². The van der Waals surface area contributed by atoms with Gasteiger partial charge in [-0.2, -0.15) is 0 Å². The highest BCUT2D eigenvalue weighted by atomic mass is 127. The highest BCUT2D eigenvalue weighted by Gasteiger charge is 2.12. The van der Waals surface area contributed by atoms with E-state index >= 15 is 0 Å². The van der Waals surface area contributed by atoms with Crippen LogP contribution in [0.25, 0.3) is 0 Å². The minimum atomic E-state index is -0.634. The summed E-state index contributed by atoms with van der Waals surface area (Å²) < 4.78 is 6.34. The maximum Gasteiger partial charge on any atom is 0.273 e. The van der Waals surface area contributed by atoms with E-state index in [-0.39, 0.29) is 23.7 Å². The van der Waals surface area contributed by atoms with E-state index < -0.39 is 10.8 Å². The molecule has 8 heteroatoms. The van der Waals surface area contributed by atoms with Crippen molar-refractivity contribution < 1.29 is 19.6 Å². The van der Waals surface area contributed by atoms with Gasteiger partial charge in [-0.15, -0.1) is 0 Å². The number of carbonyl (C=O) groups excluding carboxylic acids is 1. The van der Waals surface area contributed by atoms with Crippen LogP contribution >= 0.6 is 22.6 Å². The van der Waals surface area contributed by atoms with Crippen LogP contribution in [0.1, 0.15) is 0 Å². The first-order valence-corrected chi connectivity index (χ1v) is 7.19. The Balaban J connectivity index is 1.94. The number of non-ortho nitro benzene ring substituents is 1. The van der Waals surface area contributed by atoms with E-state index in [4.69, 9.17) is 4.74 Å². The number of amides is 1. The first-order chi connectivity index (χ1) is 10.5. The summed E-state index contributed by atoms with van der Waals surface area (Å²) in [6, 6.07) is 10.6. The molecule has 1 amide bonds. The van der Waals surface area contributed by atoms with Crippen molar-refractivity contribution in [2.75, 3.05) is 11.9 Å².